The SMILES string of the molecule is Cc1nc(C(CN)C2CCCCCC2)sc1C. The summed E-state index contributed by atoms with van der Waals surface area (Å²) in [7, 11) is 0. The number of rotatable bonds is 3. The first kappa shape index (κ1) is 13.0. The molecule has 1 unspecified atom stereocenters. The van der Waals surface area contributed by atoms with Crippen LogP contribution in [0.3, 0.4) is 0 Å². The highest BCUT2D eigenvalue weighted by Gasteiger charge is 2.25. The van der Waals surface area contributed by atoms with Gasteiger partial charge in [-0.3, -0.25) is 0 Å². The van der Waals surface area contributed by atoms with Crippen LogP contribution in [0.1, 0.15) is 60.0 Å². The van der Waals surface area contributed by atoms with Gasteiger partial charge in [0, 0.05) is 17.3 Å². The van der Waals surface area contributed by atoms with E-state index in [1.165, 1.54) is 54.1 Å². The predicted molar refractivity (Wildman–Crippen MR) is 74.6 cm³/mol. The molecule has 1 atom stereocenters. The molecular formula is C14H24N2S. The van der Waals surface area contributed by atoms with E-state index in [0.717, 1.165) is 12.5 Å². The summed E-state index contributed by atoms with van der Waals surface area (Å²) < 4.78 is 0. The highest BCUT2D eigenvalue weighted by atomic mass is 32.1. The third-order valence-corrected chi connectivity index (χ3v) is 5.29. The molecule has 0 saturated heterocycles. The fraction of sp³-hybridized carbons (Fsp3) is 0.786. The van der Waals surface area contributed by atoms with Crippen molar-refractivity contribution < 1.29 is 0 Å². The van der Waals surface area contributed by atoms with E-state index in [1.807, 2.05) is 11.3 Å². The van der Waals surface area contributed by atoms with E-state index in [1.54, 1.807) is 0 Å². The minimum Gasteiger partial charge on any atom is -0.330 e. The van der Waals surface area contributed by atoms with Crippen LogP contribution in [0.2, 0.25) is 0 Å². The molecule has 2 N–H and O–H groups in total. The van der Waals surface area contributed by atoms with Crippen molar-refractivity contribution in [3.8, 4) is 0 Å². The van der Waals surface area contributed by atoms with Crippen molar-refractivity contribution in [2.45, 2.75) is 58.3 Å². The molecule has 1 aliphatic carbocycles. The summed E-state index contributed by atoms with van der Waals surface area (Å²) in [4.78, 5) is 6.08. The van der Waals surface area contributed by atoms with Crippen molar-refractivity contribution in [2.24, 2.45) is 11.7 Å². The molecule has 1 aromatic heterocycles. The van der Waals surface area contributed by atoms with Gasteiger partial charge in [0.25, 0.3) is 0 Å². The lowest BCUT2D eigenvalue weighted by atomic mass is 9.86. The summed E-state index contributed by atoms with van der Waals surface area (Å²) in [5.74, 6) is 1.28. The fourth-order valence-corrected chi connectivity index (χ4v) is 3.99. The normalized spacial score (nSPS) is 20.2. The molecule has 2 rings (SSSR count). The molecule has 3 heteroatoms. The average molecular weight is 252 g/mol. The van der Waals surface area contributed by atoms with Gasteiger partial charge in [-0.2, -0.15) is 0 Å². The van der Waals surface area contributed by atoms with Gasteiger partial charge in [-0.25, -0.2) is 4.98 Å². The molecule has 1 fully saturated rings. The molecule has 0 bridgehead atoms. The zero-order chi connectivity index (χ0) is 12.3. The van der Waals surface area contributed by atoms with Crippen LogP contribution in [0.5, 0.6) is 0 Å². The summed E-state index contributed by atoms with van der Waals surface area (Å²) in [5.41, 5.74) is 7.20. The zero-order valence-electron chi connectivity index (χ0n) is 11.0. The number of thiazole rings is 1. The van der Waals surface area contributed by atoms with Gasteiger partial charge in [0.15, 0.2) is 0 Å². The second kappa shape index (κ2) is 5.96. The Hall–Kier alpha value is -0.410. The molecule has 96 valence electrons. The highest BCUT2D eigenvalue weighted by molar-refractivity contribution is 7.11. The predicted octanol–water partition coefficient (Wildman–Crippen LogP) is 3.77. The van der Waals surface area contributed by atoms with Crippen molar-refractivity contribution in [1.82, 2.24) is 4.98 Å². The maximum absolute atomic E-state index is 6.01. The van der Waals surface area contributed by atoms with Crippen molar-refractivity contribution in [3.63, 3.8) is 0 Å². The van der Waals surface area contributed by atoms with Crippen molar-refractivity contribution in [3.05, 3.63) is 15.6 Å². The number of nitrogens with two attached hydrogens (primary N) is 1. The summed E-state index contributed by atoms with van der Waals surface area (Å²) in [5, 5.41) is 1.29. The zero-order valence-corrected chi connectivity index (χ0v) is 11.9. The lowest BCUT2D eigenvalue weighted by molar-refractivity contribution is 0.379. The summed E-state index contributed by atoms with van der Waals surface area (Å²) in [6, 6.07) is 0. The quantitative estimate of drug-likeness (QED) is 0.832. The summed E-state index contributed by atoms with van der Waals surface area (Å²) in [6.07, 6.45) is 8.27. The summed E-state index contributed by atoms with van der Waals surface area (Å²) >= 11 is 1.86. The van der Waals surface area contributed by atoms with E-state index in [2.05, 4.69) is 13.8 Å². The molecule has 2 nitrogen and oxygen atoms in total. The molecule has 1 saturated carbocycles. The molecule has 0 aliphatic heterocycles. The number of aryl methyl sites for hydroxylation is 2. The maximum atomic E-state index is 6.01. The van der Waals surface area contributed by atoms with Crippen LogP contribution < -0.4 is 5.73 Å². The Bertz CT molecular complexity index is 332. The van der Waals surface area contributed by atoms with E-state index >= 15 is 0 Å². The van der Waals surface area contributed by atoms with Crippen LogP contribution in [0.15, 0.2) is 0 Å². The highest BCUT2D eigenvalue weighted by Crippen LogP contribution is 2.36. The second-order valence-electron chi connectivity index (χ2n) is 5.29. The molecular weight excluding hydrogens is 228 g/mol. The van der Waals surface area contributed by atoms with Crippen molar-refractivity contribution >= 4 is 11.3 Å². The Morgan fingerprint density at radius 3 is 2.35 bits per heavy atom. The van der Waals surface area contributed by atoms with Crippen LogP contribution in [-0.4, -0.2) is 11.5 Å². The fourth-order valence-electron chi connectivity index (χ4n) is 2.86. The van der Waals surface area contributed by atoms with E-state index in [-0.39, 0.29) is 0 Å². The van der Waals surface area contributed by atoms with Crippen LogP contribution in [-0.2, 0) is 0 Å². The first-order valence-corrected chi connectivity index (χ1v) is 7.68. The van der Waals surface area contributed by atoms with Crippen molar-refractivity contribution in [2.75, 3.05) is 6.54 Å². The third kappa shape index (κ3) is 3.08. The smallest absolute Gasteiger partial charge is 0.0977 e. The third-order valence-electron chi connectivity index (χ3n) is 4.09. The minimum atomic E-state index is 0.505. The van der Waals surface area contributed by atoms with Gasteiger partial charge in [0.2, 0.25) is 0 Å². The molecule has 17 heavy (non-hydrogen) atoms. The van der Waals surface area contributed by atoms with Gasteiger partial charge in [-0.1, -0.05) is 25.7 Å². The van der Waals surface area contributed by atoms with Gasteiger partial charge in [0.05, 0.1) is 10.7 Å². The van der Waals surface area contributed by atoms with E-state index in [4.69, 9.17) is 10.7 Å². The van der Waals surface area contributed by atoms with Gasteiger partial charge < -0.3 is 5.73 Å². The Labute approximate surface area is 109 Å². The van der Waals surface area contributed by atoms with E-state index < -0.39 is 0 Å². The Balaban J connectivity index is 2.13. The van der Waals surface area contributed by atoms with Crippen LogP contribution in [0.25, 0.3) is 0 Å². The molecule has 1 aromatic rings. The first-order chi connectivity index (χ1) is 8.22. The molecule has 0 spiro atoms. The molecule has 0 aromatic carbocycles. The average Bonchev–Trinajstić information content (AvgIpc) is 2.56. The van der Waals surface area contributed by atoms with Crippen LogP contribution in [0, 0.1) is 19.8 Å². The lowest BCUT2D eigenvalue weighted by Gasteiger charge is -2.22. The topological polar surface area (TPSA) is 38.9 Å². The molecule has 0 radical (unpaired) electrons. The number of nitrogens with zero attached hydrogens (tertiary/aromatic N) is 1. The van der Waals surface area contributed by atoms with Gasteiger partial charge in [-0.15, -0.1) is 11.3 Å². The first-order valence-electron chi connectivity index (χ1n) is 6.86. The van der Waals surface area contributed by atoms with E-state index in [0.29, 0.717) is 5.92 Å². The van der Waals surface area contributed by atoms with Crippen LogP contribution in [0.4, 0.5) is 0 Å². The van der Waals surface area contributed by atoms with Gasteiger partial charge >= 0.3 is 0 Å². The Morgan fingerprint density at radius 1 is 1.24 bits per heavy atom. The number of hydrogen-bond donors (Lipinski definition) is 1. The molecule has 1 aliphatic rings. The molecule has 1 heterocycles. The standard InChI is InChI=1S/C14H24N2S/c1-10-11(2)17-14(16-10)13(9-15)12-7-5-3-4-6-8-12/h12-13H,3-9,15H2,1-2H3. The molecule has 0 amide bonds. The maximum Gasteiger partial charge on any atom is 0.0977 e. The minimum absolute atomic E-state index is 0.505. The van der Waals surface area contributed by atoms with Crippen LogP contribution >= 0.6 is 11.3 Å². The van der Waals surface area contributed by atoms with Gasteiger partial charge in [-0.05, 0) is 32.6 Å². The summed E-state index contributed by atoms with van der Waals surface area (Å²) in [6.45, 7) is 5.03. The number of aromatic nitrogens is 1. The second-order valence-corrected chi connectivity index (χ2v) is 6.52. The number of hydrogen-bond acceptors (Lipinski definition) is 3. The Morgan fingerprint density at radius 2 is 1.88 bits per heavy atom. The van der Waals surface area contributed by atoms with Gasteiger partial charge in [0.1, 0.15) is 0 Å². The van der Waals surface area contributed by atoms with Crippen molar-refractivity contribution in [1.29, 1.82) is 0 Å². The Kier molecular flexibility index (Phi) is 4.57. The lowest BCUT2D eigenvalue weighted by Crippen LogP contribution is -2.21. The monoisotopic (exact) mass is 252 g/mol. The largest absolute Gasteiger partial charge is 0.330 e. The van der Waals surface area contributed by atoms with E-state index in [9.17, 15) is 0 Å².